The van der Waals surface area contributed by atoms with Gasteiger partial charge >= 0.3 is 0 Å². The molecule has 5 heteroatoms. The van der Waals surface area contributed by atoms with Gasteiger partial charge in [-0.1, -0.05) is 32.9 Å². The molecular formula is C34H40N4O. The van der Waals surface area contributed by atoms with Crippen LogP contribution in [0.15, 0.2) is 87.9 Å². The predicted octanol–water partition coefficient (Wildman–Crippen LogP) is 8.43. The van der Waals surface area contributed by atoms with Crippen LogP contribution in [0.5, 0.6) is 0 Å². The Balaban J connectivity index is 1.73. The molecule has 0 saturated heterocycles. The van der Waals surface area contributed by atoms with Crippen LogP contribution in [0, 0.1) is 5.92 Å². The van der Waals surface area contributed by atoms with Gasteiger partial charge in [-0.15, -0.1) is 0 Å². The minimum absolute atomic E-state index is 0.439. The number of nitrogens with zero attached hydrogens (tertiary/aromatic N) is 4. The lowest BCUT2D eigenvalue weighted by Gasteiger charge is -2.21. The van der Waals surface area contributed by atoms with Crippen LogP contribution in [-0.4, -0.2) is 28.7 Å². The van der Waals surface area contributed by atoms with E-state index in [1.165, 1.54) is 27.8 Å². The average molecular weight is 521 g/mol. The van der Waals surface area contributed by atoms with E-state index in [4.69, 9.17) is 14.7 Å². The van der Waals surface area contributed by atoms with Crippen molar-refractivity contribution in [3.63, 3.8) is 0 Å². The molecule has 202 valence electrons. The van der Waals surface area contributed by atoms with E-state index in [0.29, 0.717) is 24.3 Å². The SMILES string of the molecule is CCC(C)=C(N=C(C)OC)C1=Cc2cc(-c3ccnc(C(C)=NCc4ccncc4)c3)ccc2C(C)C(C)C1. The fraction of sp³-hybridized carbons (Fsp3) is 0.353. The van der Waals surface area contributed by atoms with E-state index < -0.39 is 0 Å². The zero-order valence-corrected chi connectivity index (χ0v) is 24.3. The second-order valence-corrected chi connectivity index (χ2v) is 10.5. The lowest BCUT2D eigenvalue weighted by molar-refractivity contribution is 0.399. The summed E-state index contributed by atoms with van der Waals surface area (Å²) in [5.74, 6) is 1.62. The summed E-state index contributed by atoms with van der Waals surface area (Å²) in [7, 11) is 1.68. The highest BCUT2D eigenvalue weighted by molar-refractivity contribution is 5.98. The number of pyridine rings is 2. The van der Waals surface area contributed by atoms with Crippen molar-refractivity contribution in [3.8, 4) is 11.1 Å². The van der Waals surface area contributed by atoms with Gasteiger partial charge in [0.2, 0.25) is 0 Å². The molecule has 0 bridgehead atoms. The molecule has 0 amide bonds. The first kappa shape index (κ1) is 28.2. The third-order valence-electron chi connectivity index (χ3n) is 7.82. The summed E-state index contributed by atoms with van der Waals surface area (Å²) in [5, 5.41) is 0. The lowest BCUT2D eigenvalue weighted by atomic mass is 9.84. The molecule has 2 atom stereocenters. The zero-order valence-electron chi connectivity index (χ0n) is 24.3. The van der Waals surface area contributed by atoms with E-state index in [1.807, 2.05) is 32.2 Å². The molecule has 39 heavy (non-hydrogen) atoms. The van der Waals surface area contributed by atoms with E-state index in [1.54, 1.807) is 19.5 Å². The number of fused-ring (bicyclic) bond motifs is 1. The smallest absolute Gasteiger partial charge is 0.184 e. The van der Waals surface area contributed by atoms with Crippen LogP contribution in [0.25, 0.3) is 17.2 Å². The van der Waals surface area contributed by atoms with Gasteiger partial charge in [-0.3, -0.25) is 15.0 Å². The van der Waals surface area contributed by atoms with E-state index in [2.05, 4.69) is 74.1 Å². The van der Waals surface area contributed by atoms with Gasteiger partial charge in [0.05, 0.1) is 30.8 Å². The number of hydrogen-bond acceptors (Lipinski definition) is 5. The second-order valence-electron chi connectivity index (χ2n) is 10.5. The monoisotopic (exact) mass is 520 g/mol. The molecule has 0 aliphatic heterocycles. The van der Waals surface area contributed by atoms with Crippen molar-refractivity contribution >= 4 is 17.7 Å². The Labute approximate surface area is 233 Å². The summed E-state index contributed by atoms with van der Waals surface area (Å²) < 4.78 is 5.43. The van der Waals surface area contributed by atoms with Crippen LogP contribution >= 0.6 is 0 Å². The van der Waals surface area contributed by atoms with Crippen molar-refractivity contribution < 1.29 is 4.74 Å². The number of benzene rings is 1. The van der Waals surface area contributed by atoms with Gasteiger partial charge in [-0.05, 0) is 114 Å². The molecule has 1 aliphatic carbocycles. The van der Waals surface area contributed by atoms with Gasteiger partial charge in [0.25, 0.3) is 0 Å². The van der Waals surface area contributed by atoms with Crippen LogP contribution in [0.1, 0.15) is 82.7 Å². The van der Waals surface area contributed by atoms with Crippen molar-refractivity contribution in [2.45, 2.75) is 66.8 Å². The summed E-state index contributed by atoms with van der Waals surface area (Å²) in [4.78, 5) is 18.4. The van der Waals surface area contributed by atoms with E-state index in [9.17, 15) is 0 Å². The van der Waals surface area contributed by atoms with Crippen LogP contribution < -0.4 is 0 Å². The standard InChI is InChI=1S/C34H40N4O/c1-8-22(2)34(38-26(6)39-7)31-17-23(3)24(4)32-10-9-28(18-30(32)19-31)29-13-16-36-33(20-29)25(5)37-21-27-11-14-35-15-12-27/h9-16,18-20,23-24H,8,17,21H2,1-7H3. The Morgan fingerprint density at radius 2 is 1.72 bits per heavy atom. The highest BCUT2D eigenvalue weighted by Crippen LogP contribution is 2.40. The molecule has 2 heterocycles. The van der Waals surface area contributed by atoms with Gasteiger partial charge in [0, 0.05) is 25.5 Å². The van der Waals surface area contributed by atoms with Crippen molar-refractivity contribution in [1.82, 2.24) is 9.97 Å². The highest BCUT2D eigenvalue weighted by atomic mass is 16.5. The van der Waals surface area contributed by atoms with E-state index >= 15 is 0 Å². The van der Waals surface area contributed by atoms with Gasteiger partial charge in [-0.25, -0.2) is 4.99 Å². The highest BCUT2D eigenvalue weighted by Gasteiger charge is 2.24. The summed E-state index contributed by atoms with van der Waals surface area (Å²) >= 11 is 0. The van der Waals surface area contributed by atoms with Crippen molar-refractivity contribution in [2.24, 2.45) is 15.9 Å². The third-order valence-corrected chi connectivity index (χ3v) is 7.82. The molecule has 0 N–H and O–H groups in total. The molecule has 2 aromatic heterocycles. The number of methoxy groups -OCH3 is 1. The summed E-state index contributed by atoms with van der Waals surface area (Å²) in [6.45, 7) is 13.6. The molecule has 1 aliphatic rings. The quantitative estimate of drug-likeness (QED) is 0.232. The van der Waals surface area contributed by atoms with E-state index in [0.717, 1.165) is 41.1 Å². The van der Waals surface area contributed by atoms with Crippen LogP contribution in [0.3, 0.4) is 0 Å². The minimum Gasteiger partial charge on any atom is -0.484 e. The Kier molecular flexibility index (Phi) is 9.23. The number of hydrogen-bond donors (Lipinski definition) is 0. The predicted molar refractivity (Wildman–Crippen MR) is 163 cm³/mol. The molecule has 4 rings (SSSR count). The normalized spacial score (nSPS) is 18.6. The number of aromatic nitrogens is 2. The van der Waals surface area contributed by atoms with Crippen molar-refractivity contribution in [3.05, 3.63) is 100 Å². The molecule has 0 spiro atoms. The number of ether oxygens (including phenoxy) is 1. The molecule has 1 aromatic carbocycles. The van der Waals surface area contributed by atoms with Gasteiger partial charge < -0.3 is 4.74 Å². The maximum Gasteiger partial charge on any atom is 0.184 e. The fourth-order valence-corrected chi connectivity index (χ4v) is 4.93. The molecule has 2 unspecified atom stereocenters. The summed E-state index contributed by atoms with van der Waals surface area (Å²) in [6.07, 6.45) is 9.75. The first-order valence-electron chi connectivity index (χ1n) is 13.8. The summed E-state index contributed by atoms with van der Waals surface area (Å²) in [6, 6.07) is 15.1. The molecular weight excluding hydrogens is 480 g/mol. The molecule has 5 nitrogen and oxygen atoms in total. The van der Waals surface area contributed by atoms with Gasteiger partial charge in [0.15, 0.2) is 5.90 Å². The molecule has 0 radical (unpaired) electrons. The van der Waals surface area contributed by atoms with Gasteiger partial charge in [-0.2, -0.15) is 0 Å². The van der Waals surface area contributed by atoms with Crippen LogP contribution in [0.4, 0.5) is 0 Å². The van der Waals surface area contributed by atoms with Crippen LogP contribution in [0.2, 0.25) is 0 Å². The zero-order chi connectivity index (χ0) is 27.9. The summed E-state index contributed by atoms with van der Waals surface area (Å²) in [5.41, 5.74) is 11.5. The largest absolute Gasteiger partial charge is 0.484 e. The minimum atomic E-state index is 0.439. The second kappa shape index (κ2) is 12.8. The topological polar surface area (TPSA) is 59.7 Å². The first-order chi connectivity index (χ1) is 18.8. The van der Waals surface area contributed by atoms with Crippen molar-refractivity contribution in [1.29, 1.82) is 0 Å². The van der Waals surface area contributed by atoms with Gasteiger partial charge in [0.1, 0.15) is 0 Å². The van der Waals surface area contributed by atoms with Crippen molar-refractivity contribution in [2.75, 3.05) is 7.11 Å². The Hall–Kier alpha value is -3.86. The maximum absolute atomic E-state index is 5.43. The van der Waals surface area contributed by atoms with E-state index in [-0.39, 0.29) is 0 Å². The van der Waals surface area contributed by atoms with Crippen LogP contribution in [-0.2, 0) is 11.3 Å². The Bertz CT molecular complexity index is 1430. The average Bonchev–Trinajstić information content (AvgIpc) is 3.09. The Morgan fingerprint density at radius 1 is 0.974 bits per heavy atom. The fourth-order valence-electron chi connectivity index (χ4n) is 4.93. The molecule has 0 saturated carbocycles. The third kappa shape index (κ3) is 6.78. The number of allylic oxidation sites excluding steroid dienone is 2. The molecule has 3 aromatic rings. The maximum atomic E-state index is 5.43. The number of aliphatic imine (C=N–C) groups is 2. The Morgan fingerprint density at radius 3 is 2.44 bits per heavy atom. The number of rotatable bonds is 7. The first-order valence-corrected chi connectivity index (χ1v) is 13.8. The molecule has 0 fully saturated rings. The lowest BCUT2D eigenvalue weighted by Crippen LogP contribution is -2.07.